The summed E-state index contributed by atoms with van der Waals surface area (Å²) in [6.45, 7) is 1.76. The van der Waals surface area contributed by atoms with Gasteiger partial charge in [-0.3, -0.25) is 9.20 Å². The minimum absolute atomic E-state index is 0.113. The maximum atomic E-state index is 12.6. The Morgan fingerprint density at radius 1 is 1.00 bits per heavy atom. The molecule has 29 heavy (non-hydrogen) atoms. The van der Waals surface area contributed by atoms with Gasteiger partial charge in [0.2, 0.25) is 0 Å². The van der Waals surface area contributed by atoms with E-state index < -0.39 is 5.97 Å². The molecule has 0 aliphatic heterocycles. The van der Waals surface area contributed by atoms with Crippen LogP contribution in [0.4, 0.5) is 0 Å². The van der Waals surface area contributed by atoms with Gasteiger partial charge < -0.3 is 9.47 Å². The van der Waals surface area contributed by atoms with Crippen LogP contribution in [0.25, 0.3) is 5.65 Å². The number of fused-ring (bicyclic) bond motifs is 1. The van der Waals surface area contributed by atoms with E-state index in [2.05, 4.69) is 4.98 Å². The molecule has 4 rings (SSSR count). The standard InChI is InChI=1S/C23H18N2O4/c1-16-8-7-13-25-21(26)14-17(24-22(16)25)15-28-23(27)19-11-5-6-12-20(19)29-18-9-3-2-4-10-18/h2-14H,15H2,1H3. The van der Waals surface area contributed by atoms with E-state index in [-0.39, 0.29) is 12.2 Å². The van der Waals surface area contributed by atoms with Crippen LogP contribution in [0, 0.1) is 6.92 Å². The largest absolute Gasteiger partial charge is 0.456 e. The molecule has 4 aromatic rings. The number of rotatable bonds is 5. The van der Waals surface area contributed by atoms with E-state index in [1.165, 1.54) is 10.5 Å². The fourth-order valence-corrected chi connectivity index (χ4v) is 2.94. The smallest absolute Gasteiger partial charge is 0.342 e. The molecule has 0 aliphatic carbocycles. The second kappa shape index (κ2) is 7.98. The second-order valence-corrected chi connectivity index (χ2v) is 6.46. The molecule has 0 amide bonds. The van der Waals surface area contributed by atoms with Gasteiger partial charge in [-0.25, -0.2) is 9.78 Å². The first-order valence-corrected chi connectivity index (χ1v) is 9.09. The van der Waals surface area contributed by atoms with Gasteiger partial charge in [-0.1, -0.05) is 36.4 Å². The number of para-hydroxylation sites is 2. The summed E-state index contributed by atoms with van der Waals surface area (Å²) in [6.07, 6.45) is 1.66. The topological polar surface area (TPSA) is 69.9 Å². The Morgan fingerprint density at radius 2 is 1.76 bits per heavy atom. The van der Waals surface area contributed by atoms with Crippen LogP contribution in [-0.2, 0) is 11.3 Å². The van der Waals surface area contributed by atoms with E-state index in [0.717, 1.165) is 5.56 Å². The highest BCUT2D eigenvalue weighted by Gasteiger charge is 2.15. The van der Waals surface area contributed by atoms with Gasteiger partial charge in [-0.05, 0) is 42.8 Å². The Balaban J connectivity index is 1.54. The molecule has 0 saturated heterocycles. The lowest BCUT2D eigenvalue weighted by Crippen LogP contribution is -2.17. The van der Waals surface area contributed by atoms with Gasteiger partial charge >= 0.3 is 5.97 Å². The molecule has 2 aromatic heterocycles. The van der Waals surface area contributed by atoms with E-state index in [0.29, 0.717) is 28.4 Å². The zero-order valence-corrected chi connectivity index (χ0v) is 15.7. The summed E-state index contributed by atoms with van der Waals surface area (Å²) in [4.78, 5) is 29.4. The average molecular weight is 386 g/mol. The number of ether oxygens (including phenoxy) is 2. The van der Waals surface area contributed by atoms with Crippen molar-refractivity contribution in [3.63, 3.8) is 0 Å². The Bertz CT molecular complexity index is 1230. The molecule has 2 heterocycles. The molecule has 0 unspecified atom stereocenters. The molecule has 0 bridgehead atoms. The summed E-state index contributed by atoms with van der Waals surface area (Å²) in [5.74, 6) is 0.460. The first kappa shape index (κ1) is 18.4. The Hall–Kier alpha value is -3.93. The van der Waals surface area contributed by atoms with Crippen LogP contribution in [0.1, 0.15) is 21.6 Å². The van der Waals surface area contributed by atoms with Gasteiger partial charge in [0.15, 0.2) is 0 Å². The first-order valence-electron chi connectivity index (χ1n) is 9.09. The molecule has 0 fully saturated rings. The molecule has 0 saturated carbocycles. The first-order chi connectivity index (χ1) is 14.1. The molecule has 2 aromatic carbocycles. The van der Waals surface area contributed by atoms with Crippen LogP contribution < -0.4 is 10.3 Å². The highest BCUT2D eigenvalue weighted by molar-refractivity contribution is 5.92. The van der Waals surface area contributed by atoms with Gasteiger partial charge in [0.25, 0.3) is 5.56 Å². The predicted octanol–water partition coefficient (Wildman–Crippen LogP) is 4.15. The van der Waals surface area contributed by atoms with Crippen molar-refractivity contribution in [3.8, 4) is 11.5 Å². The number of aryl methyl sites for hydroxylation is 1. The van der Waals surface area contributed by atoms with Crippen LogP contribution in [0.15, 0.2) is 83.8 Å². The highest BCUT2D eigenvalue weighted by Crippen LogP contribution is 2.25. The van der Waals surface area contributed by atoms with Gasteiger partial charge in [-0.2, -0.15) is 0 Å². The Kier molecular flexibility index (Phi) is 5.07. The van der Waals surface area contributed by atoms with E-state index in [1.807, 2.05) is 31.2 Å². The van der Waals surface area contributed by atoms with Crippen molar-refractivity contribution in [2.75, 3.05) is 0 Å². The van der Waals surface area contributed by atoms with E-state index in [1.54, 1.807) is 48.7 Å². The summed E-state index contributed by atoms with van der Waals surface area (Å²) in [7, 11) is 0. The molecule has 0 N–H and O–H groups in total. The van der Waals surface area contributed by atoms with Crippen molar-refractivity contribution < 1.29 is 14.3 Å². The molecular formula is C23H18N2O4. The third-order valence-electron chi connectivity index (χ3n) is 4.37. The van der Waals surface area contributed by atoms with E-state index >= 15 is 0 Å². The zero-order valence-electron chi connectivity index (χ0n) is 15.7. The number of hydrogen-bond donors (Lipinski definition) is 0. The Labute approximate surface area is 167 Å². The number of hydrogen-bond acceptors (Lipinski definition) is 5. The summed E-state index contributed by atoms with van der Waals surface area (Å²) < 4.78 is 12.7. The van der Waals surface area contributed by atoms with Crippen LogP contribution in [0.5, 0.6) is 11.5 Å². The van der Waals surface area contributed by atoms with Crippen LogP contribution in [-0.4, -0.2) is 15.4 Å². The maximum Gasteiger partial charge on any atom is 0.342 e. The van der Waals surface area contributed by atoms with Crippen molar-refractivity contribution >= 4 is 11.6 Å². The number of pyridine rings is 1. The van der Waals surface area contributed by atoms with Gasteiger partial charge in [-0.15, -0.1) is 0 Å². The number of aromatic nitrogens is 2. The molecule has 0 atom stereocenters. The minimum Gasteiger partial charge on any atom is -0.456 e. The molecule has 144 valence electrons. The van der Waals surface area contributed by atoms with Gasteiger partial charge in [0, 0.05) is 12.3 Å². The lowest BCUT2D eigenvalue weighted by atomic mass is 10.2. The van der Waals surface area contributed by atoms with E-state index in [4.69, 9.17) is 9.47 Å². The second-order valence-electron chi connectivity index (χ2n) is 6.46. The summed E-state index contributed by atoms with van der Waals surface area (Å²) >= 11 is 0. The monoisotopic (exact) mass is 386 g/mol. The fraction of sp³-hybridized carbons (Fsp3) is 0.0870. The number of benzene rings is 2. The lowest BCUT2D eigenvalue weighted by molar-refractivity contribution is 0.0465. The normalized spacial score (nSPS) is 10.7. The zero-order chi connectivity index (χ0) is 20.2. The number of carbonyl (C=O) groups excluding carboxylic acids is 1. The maximum absolute atomic E-state index is 12.6. The number of esters is 1. The minimum atomic E-state index is -0.552. The fourth-order valence-electron chi connectivity index (χ4n) is 2.94. The summed E-state index contributed by atoms with van der Waals surface area (Å²) in [5.41, 5.74) is 1.86. The highest BCUT2D eigenvalue weighted by atomic mass is 16.5. The van der Waals surface area contributed by atoms with Crippen molar-refractivity contribution in [3.05, 3.63) is 106 Å². The van der Waals surface area contributed by atoms with E-state index in [9.17, 15) is 9.59 Å². The van der Waals surface area contributed by atoms with Crippen molar-refractivity contribution in [1.29, 1.82) is 0 Å². The molecule has 0 aliphatic rings. The summed E-state index contributed by atoms with van der Waals surface area (Å²) in [6, 6.07) is 21.1. The van der Waals surface area contributed by atoms with Crippen LogP contribution in [0.3, 0.4) is 0 Å². The molecular weight excluding hydrogens is 368 g/mol. The third-order valence-corrected chi connectivity index (χ3v) is 4.37. The van der Waals surface area contributed by atoms with Gasteiger partial charge in [0.1, 0.15) is 29.3 Å². The predicted molar refractivity (Wildman–Crippen MR) is 108 cm³/mol. The summed E-state index contributed by atoms with van der Waals surface area (Å²) in [5, 5.41) is 0. The Morgan fingerprint density at radius 3 is 2.59 bits per heavy atom. The molecule has 6 heteroatoms. The van der Waals surface area contributed by atoms with Crippen molar-refractivity contribution in [1.82, 2.24) is 9.38 Å². The SMILES string of the molecule is Cc1cccn2c(=O)cc(COC(=O)c3ccccc3Oc3ccccc3)nc12. The van der Waals surface area contributed by atoms with Crippen molar-refractivity contribution in [2.45, 2.75) is 13.5 Å². The molecule has 6 nitrogen and oxygen atoms in total. The quantitative estimate of drug-likeness (QED) is 0.482. The van der Waals surface area contributed by atoms with Gasteiger partial charge in [0.05, 0.1) is 5.69 Å². The van der Waals surface area contributed by atoms with Crippen molar-refractivity contribution in [2.24, 2.45) is 0 Å². The lowest BCUT2D eigenvalue weighted by Gasteiger charge is -2.11. The number of nitrogens with zero attached hydrogens (tertiary/aromatic N) is 2. The van der Waals surface area contributed by atoms with Crippen LogP contribution >= 0.6 is 0 Å². The average Bonchev–Trinajstić information content (AvgIpc) is 2.74. The number of carbonyl (C=O) groups is 1. The molecule has 0 radical (unpaired) electrons. The molecule has 0 spiro atoms. The third kappa shape index (κ3) is 4.01. The van der Waals surface area contributed by atoms with Crippen LogP contribution in [0.2, 0.25) is 0 Å².